The highest BCUT2D eigenvalue weighted by Gasteiger charge is 2.41. The molecule has 1 heterocycles. The fraction of sp³-hybridized carbons (Fsp3) is 0.750. The molecule has 80 valence electrons. The van der Waals surface area contributed by atoms with Crippen molar-refractivity contribution in [2.24, 2.45) is 0 Å². The summed E-state index contributed by atoms with van der Waals surface area (Å²) in [4.78, 5) is 22.8. The van der Waals surface area contributed by atoms with E-state index >= 15 is 0 Å². The molecule has 0 unspecified atom stereocenters. The molecule has 0 aromatic heterocycles. The predicted octanol–water partition coefficient (Wildman–Crippen LogP) is -0.389. The molecule has 6 heteroatoms. The summed E-state index contributed by atoms with van der Waals surface area (Å²) >= 11 is 8.18. The number of thiol groups is 2. The first-order valence-electron chi connectivity index (χ1n) is 4.45. The van der Waals surface area contributed by atoms with Gasteiger partial charge in [-0.05, 0) is 24.3 Å². The summed E-state index contributed by atoms with van der Waals surface area (Å²) in [6, 6.07) is 0. The van der Waals surface area contributed by atoms with E-state index in [0.717, 1.165) is 0 Å². The largest absolute Gasteiger partial charge is 0.345 e. The van der Waals surface area contributed by atoms with Crippen molar-refractivity contribution in [2.45, 2.75) is 18.4 Å². The molecule has 1 fully saturated rings. The van der Waals surface area contributed by atoms with E-state index in [2.05, 4.69) is 35.9 Å². The number of nitrogens with one attached hydrogen (secondary N) is 2. The quantitative estimate of drug-likeness (QED) is 0.501. The molecule has 1 aliphatic heterocycles. The lowest BCUT2D eigenvalue weighted by Gasteiger charge is -2.36. The Morgan fingerprint density at radius 3 is 2.29 bits per heavy atom. The highest BCUT2D eigenvalue weighted by Crippen LogP contribution is 2.19. The molecule has 0 aromatic carbocycles. The van der Waals surface area contributed by atoms with Crippen LogP contribution in [-0.4, -0.2) is 35.4 Å². The van der Waals surface area contributed by atoms with Gasteiger partial charge in [-0.1, -0.05) is 0 Å². The average molecular weight is 234 g/mol. The zero-order chi connectivity index (χ0) is 10.6. The van der Waals surface area contributed by atoms with Crippen LogP contribution in [0.4, 0.5) is 0 Å². The third-order valence-electron chi connectivity index (χ3n) is 2.30. The van der Waals surface area contributed by atoms with Gasteiger partial charge in [-0.3, -0.25) is 9.59 Å². The summed E-state index contributed by atoms with van der Waals surface area (Å²) in [5, 5.41) is 5.31. The van der Waals surface area contributed by atoms with Crippen LogP contribution in [-0.2, 0) is 9.59 Å². The van der Waals surface area contributed by atoms with E-state index in [9.17, 15) is 9.59 Å². The van der Waals surface area contributed by atoms with Gasteiger partial charge in [0.2, 0.25) is 11.8 Å². The van der Waals surface area contributed by atoms with Crippen molar-refractivity contribution in [3.63, 3.8) is 0 Å². The van der Waals surface area contributed by atoms with Gasteiger partial charge >= 0.3 is 0 Å². The number of piperazine rings is 1. The maximum atomic E-state index is 11.6. The fourth-order valence-electron chi connectivity index (χ4n) is 1.56. The van der Waals surface area contributed by atoms with Gasteiger partial charge in [0.15, 0.2) is 0 Å². The van der Waals surface area contributed by atoms with E-state index < -0.39 is 5.54 Å². The molecule has 2 amide bonds. The first-order valence-corrected chi connectivity index (χ1v) is 5.72. The first-order chi connectivity index (χ1) is 6.64. The second kappa shape index (κ2) is 4.93. The van der Waals surface area contributed by atoms with Gasteiger partial charge in [0.1, 0.15) is 5.54 Å². The van der Waals surface area contributed by atoms with Gasteiger partial charge < -0.3 is 10.6 Å². The molecule has 1 saturated heterocycles. The average Bonchev–Trinajstić information content (AvgIpc) is 2.13. The van der Waals surface area contributed by atoms with Gasteiger partial charge in [-0.15, -0.1) is 0 Å². The minimum Gasteiger partial charge on any atom is -0.345 e. The first kappa shape index (κ1) is 11.7. The lowest BCUT2D eigenvalue weighted by Crippen LogP contribution is -2.66. The minimum absolute atomic E-state index is 0.0692. The lowest BCUT2D eigenvalue weighted by atomic mass is 9.90. The molecule has 0 spiro atoms. The van der Waals surface area contributed by atoms with E-state index in [0.29, 0.717) is 24.3 Å². The highest BCUT2D eigenvalue weighted by atomic mass is 32.1. The van der Waals surface area contributed by atoms with Crippen LogP contribution < -0.4 is 10.6 Å². The number of amides is 2. The Morgan fingerprint density at radius 2 is 1.79 bits per heavy atom. The zero-order valence-corrected chi connectivity index (χ0v) is 9.54. The number of carbonyl (C=O) groups is 2. The lowest BCUT2D eigenvalue weighted by molar-refractivity contribution is -0.138. The van der Waals surface area contributed by atoms with Gasteiger partial charge in [-0.25, -0.2) is 0 Å². The zero-order valence-electron chi connectivity index (χ0n) is 7.75. The molecule has 0 atom stereocenters. The molecule has 14 heavy (non-hydrogen) atoms. The van der Waals surface area contributed by atoms with Crippen LogP contribution in [0.2, 0.25) is 0 Å². The molecular formula is C8H14N2O2S2. The fourth-order valence-corrected chi connectivity index (χ4v) is 2.32. The van der Waals surface area contributed by atoms with Crippen LogP contribution in [0.5, 0.6) is 0 Å². The molecule has 4 nitrogen and oxygen atoms in total. The summed E-state index contributed by atoms with van der Waals surface area (Å²) in [5.41, 5.74) is -0.793. The highest BCUT2D eigenvalue weighted by molar-refractivity contribution is 7.80. The Morgan fingerprint density at radius 1 is 1.21 bits per heavy atom. The third-order valence-corrected chi connectivity index (χ3v) is 2.75. The Balaban J connectivity index is 2.80. The molecule has 0 radical (unpaired) electrons. The van der Waals surface area contributed by atoms with Crippen LogP contribution in [0, 0.1) is 0 Å². The van der Waals surface area contributed by atoms with Gasteiger partial charge in [-0.2, -0.15) is 25.3 Å². The van der Waals surface area contributed by atoms with Gasteiger partial charge in [0.25, 0.3) is 0 Å². The van der Waals surface area contributed by atoms with E-state index in [-0.39, 0.29) is 18.4 Å². The Labute approximate surface area is 94.0 Å². The molecular weight excluding hydrogens is 220 g/mol. The second-order valence-electron chi connectivity index (χ2n) is 3.26. The normalized spacial score (nSPS) is 20.1. The number of carbonyl (C=O) groups excluding carboxylic acids is 2. The van der Waals surface area contributed by atoms with E-state index in [1.165, 1.54) is 0 Å². The number of hydrogen-bond donors (Lipinski definition) is 4. The molecule has 1 rings (SSSR count). The van der Waals surface area contributed by atoms with E-state index in [4.69, 9.17) is 0 Å². The van der Waals surface area contributed by atoms with Crippen molar-refractivity contribution in [1.29, 1.82) is 0 Å². The van der Waals surface area contributed by atoms with E-state index in [1.807, 2.05) is 0 Å². The smallest absolute Gasteiger partial charge is 0.246 e. The van der Waals surface area contributed by atoms with E-state index in [1.54, 1.807) is 0 Å². The summed E-state index contributed by atoms with van der Waals surface area (Å²) < 4.78 is 0. The van der Waals surface area contributed by atoms with Crippen LogP contribution in [0.3, 0.4) is 0 Å². The molecule has 2 N–H and O–H groups in total. The Hall–Kier alpha value is -0.360. The Kier molecular flexibility index (Phi) is 4.12. The maximum Gasteiger partial charge on any atom is 0.246 e. The molecule has 0 saturated carbocycles. The summed E-state index contributed by atoms with van der Waals surface area (Å²) in [7, 11) is 0. The molecule has 0 bridgehead atoms. The van der Waals surface area contributed by atoms with Crippen molar-refractivity contribution in [3.8, 4) is 0 Å². The van der Waals surface area contributed by atoms with Crippen LogP contribution in [0.25, 0.3) is 0 Å². The second-order valence-corrected chi connectivity index (χ2v) is 4.15. The number of rotatable bonds is 4. The van der Waals surface area contributed by atoms with Crippen molar-refractivity contribution < 1.29 is 9.59 Å². The summed E-state index contributed by atoms with van der Waals surface area (Å²) in [5.74, 6) is 0.844. The SMILES string of the molecule is O=C1CNC(=O)C(CCS)(CCS)N1. The molecule has 0 aromatic rings. The van der Waals surface area contributed by atoms with Crippen LogP contribution >= 0.6 is 25.3 Å². The number of hydrogen-bond acceptors (Lipinski definition) is 4. The van der Waals surface area contributed by atoms with Crippen LogP contribution in [0.1, 0.15) is 12.8 Å². The summed E-state index contributed by atoms with van der Waals surface area (Å²) in [6.07, 6.45) is 1.07. The minimum atomic E-state index is -0.793. The van der Waals surface area contributed by atoms with Crippen molar-refractivity contribution >= 4 is 37.1 Å². The van der Waals surface area contributed by atoms with Crippen molar-refractivity contribution in [3.05, 3.63) is 0 Å². The third kappa shape index (κ3) is 2.36. The topological polar surface area (TPSA) is 58.2 Å². The standard InChI is InChI=1S/C8H14N2O2S2/c11-6-5-9-7(12)8(10-6,1-3-13)2-4-14/h13-14H,1-5H2,(H,9,12)(H,10,11). The van der Waals surface area contributed by atoms with Crippen molar-refractivity contribution in [1.82, 2.24) is 10.6 Å². The Bertz CT molecular complexity index is 239. The molecule has 0 aliphatic carbocycles. The predicted molar refractivity (Wildman–Crippen MR) is 60.8 cm³/mol. The summed E-state index contributed by atoms with van der Waals surface area (Å²) in [6.45, 7) is 0.0692. The maximum absolute atomic E-state index is 11.6. The van der Waals surface area contributed by atoms with Crippen LogP contribution in [0.15, 0.2) is 0 Å². The van der Waals surface area contributed by atoms with Gasteiger partial charge in [0.05, 0.1) is 6.54 Å². The monoisotopic (exact) mass is 234 g/mol. The van der Waals surface area contributed by atoms with Gasteiger partial charge in [0, 0.05) is 0 Å². The van der Waals surface area contributed by atoms with Crippen molar-refractivity contribution in [2.75, 3.05) is 18.1 Å². The molecule has 1 aliphatic rings.